The number of aromatic nitrogens is 3. The van der Waals surface area contributed by atoms with Crippen LogP contribution in [0, 0.1) is 0 Å². The summed E-state index contributed by atoms with van der Waals surface area (Å²) in [7, 11) is 1.93. The van der Waals surface area contributed by atoms with Gasteiger partial charge in [0.05, 0.1) is 11.9 Å². The molecule has 1 N–H and O–H groups in total. The van der Waals surface area contributed by atoms with Gasteiger partial charge in [-0.1, -0.05) is 13.8 Å². The Bertz CT molecular complexity index is 515. The van der Waals surface area contributed by atoms with Crippen LogP contribution in [-0.4, -0.2) is 27.9 Å². The normalized spacial score (nSPS) is 11.1. The smallest absolute Gasteiger partial charge is 0.196 e. The van der Waals surface area contributed by atoms with Crippen LogP contribution in [-0.2, 0) is 19.9 Å². The molecule has 5 heteroatoms. The van der Waals surface area contributed by atoms with Gasteiger partial charge in [0.1, 0.15) is 5.69 Å². The third-order valence-electron chi connectivity index (χ3n) is 3.04. The maximum atomic E-state index is 5.78. The van der Waals surface area contributed by atoms with E-state index in [1.807, 2.05) is 11.7 Å². The molecule has 0 spiro atoms. The number of aryl methyl sites for hydroxylation is 2. The second kappa shape index (κ2) is 6.52. The molecule has 0 aromatic carbocycles. The monoisotopic (exact) mass is 262 g/mol. The summed E-state index contributed by atoms with van der Waals surface area (Å²) in [6, 6.07) is 2.06. The molecule has 0 atom stereocenters. The molecule has 0 unspecified atom stereocenters. The Morgan fingerprint density at radius 2 is 2.16 bits per heavy atom. The molecule has 19 heavy (non-hydrogen) atoms. The van der Waals surface area contributed by atoms with Crippen molar-refractivity contribution in [2.24, 2.45) is 7.05 Å². The van der Waals surface area contributed by atoms with Gasteiger partial charge in [-0.05, 0) is 25.5 Å². The van der Waals surface area contributed by atoms with E-state index in [0.29, 0.717) is 0 Å². The van der Waals surface area contributed by atoms with Crippen LogP contribution in [0.5, 0.6) is 0 Å². The van der Waals surface area contributed by atoms with E-state index in [-0.39, 0.29) is 0 Å². The Kier molecular flexibility index (Phi) is 4.74. The van der Waals surface area contributed by atoms with Gasteiger partial charge < -0.3 is 9.73 Å². The average Bonchev–Trinajstić information content (AvgIpc) is 3.01. The first kappa shape index (κ1) is 13.8. The van der Waals surface area contributed by atoms with E-state index in [1.54, 1.807) is 6.20 Å². The number of nitrogens with one attached hydrogen (secondary N) is 1. The van der Waals surface area contributed by atoms with E-state index in [2.05, 4.69) is 35.3 Å². The van der Waals surface area contributed by atoms with Gasteiger partial charge in [-0.25, -0.2) is 4.98 Å². The van der Waals surface area contributed by atoms with E-state index in [9.17, 15) is 0 Å². The minimum Gasteiger partial charge on any atom is -0.439 e. The van der Waals surface area contributed by atoms with E-state index in [0.717, 1.165) is 55.4 Å². The molecule has 5 nitrogen and oxygen atoms in total. The zero-order valence-electron chi connectivity index (χ0n) is 11.9. The number of hydrogen-bond donors (Lipinski definition) is 1. The van der Waals surface area contributed by atoms with Crippen molar-refractivity contribution in [3.05, 3.63) is 23.8 Å². The summed E-state index contributed by atoms with van der Waals surface area (Å²) in [5.74, 6) is 1.57. The van der Waals surface area contributed by atoms with Crippen LogP contribution >= 0.6 is 0 Å². The van der Waals surface area contributed by atoms with Crippen molar-refractivity contribution in [3.63, 3.8) is 0 Å². The maximum absolute atomic E-state index is 5.78. The molecule has 0 aliphatic rings. The lowest BCUT2D eigenvalue weighted by Gasteiger charge is -1.99. The first-order chi connectivity index (χ1) is 9.24. The second-order valence-electron chi connectivity index (χ2n) is 4.62. The lowest BCUT2D eigenvalue weighted by Crippen LogP contribution is -2.17. The van der Waals surface area contributed by atoms with Gasteiger partial charge in [0.25, 0.3) is 0 Å². The number of oxazole rings is 1. The predicted octanol–water partition coefficient (Wildman–Crippen LogP) is 2.18. The van der Waals surface area contributed by atoms with E-state index >= 15 is 0 Å². The summed E-state index contributed by atoms with van der Waals surface area (Å²) in [5.41, 5.74) is 2.05. The fraction of sp³-hybridized carbons (Fsp3) is 0.571. The minimum atomic E-state index is 0.776. The van der Waals surface area contributed by atoms with Crippen molar-refractivity contribution in [3.8, 4) is 11.5 Å². The van der Waals surface area contributed by atoms with Gasteiger partial charge in [-0.2, -0.15) is 5.10 Å². The van der Waals surface area contributed by atoms with Gasteiger partial charge in [0.15, 0.2) is 11.7 Å². The molecule has 2 aromatic heterocycles. The van der Waals surface area contributed by atoms with Crippen molar-refractivity contribution in [2.45, 2.75) is 33.1 Å². The van der Waals surface area contributed by atoms with Crippen LogP contribution in [0.2, 0.25) is 0 Å². The molecule has 0 bridgehead atoms. The zero-order valence-corrected chi connectivity index (χ0v) is 11.9. The molecule has 0 radical (unpaired) electrons. The van der Waals surface area contributed by atoms with Crippen molar-refractivity contribution < 1.29 is 4.42 Å². The van der Waals surface area contributed by atoms with Crippen molar-refractivity contribution in [1.82, 2.24) is 20.1 Å². The molecule has 2 rings (SSSR count). The summed E-state index contributed by atoms with van der Waals surface area (Å²) in [6.45, 7) is 6.19. The lowest BCUT2D eigenvalue weighted by atomic mass is 10.3. The third kappa shape index (κ3) is 3.44. The molecule has 2 heterocycles. The second-order valence-corrected chi connectivity index (χ2v) is 4.62. The molecule has 0 aliphatic carbocycles. The molecule has 2 aromatic rings. The average molecular weight is 262 g/mol. The first-order valence-corrected chi connectivity index (χ1v) is 6.93. The fourth-order valence-corrected chi connectivity index (χ4v) is 1.97. The van der Waals surface area contributed by atoms with E-state index in [1.165, 1.54) is 0 Å². The molecule has 0 amide bonds. The summed E-state index contributed by atoms with van der Waals surface area (Å²) in [5, 5.41) is 7.76. The van der Waals surface area contributed by atoms with Crippen molar-refractivity contribution in [2.75, 3.05) is 13.1 Å². The highest BCUT2D eigenvalue weighted by molar-refractivity contribution is 5.51. The Balaban J connectivity index is 2.01. The molecule has 0 saturated heterocycles. The van der Waals surface area contributed by atoms with Crippen molar-refractivity contribution >= 4 is 0 Å². The van der Waals surface area contributed by atoms with Crippen LogP contribution in [0.4, 0.5) is 0 Å². The summed E-state index contributed by atoms with van der Waals surface area (Å²) >= 11 is 0. The molecule has 0 aliphatic heterocycles. The Labute approximate surface area is 114 Å². The number of hydrogen-bond acceptors (Lipinski definition) is 4. The summed E-state index contributed by atoms with van der Waals surface area (Å²) in [4.78, 5) is 4.32. The zero-order chi connectivity index (χ0) is 13.7. The summed E-state index contributed by atoms with van der Waals surface area (Å²) < 4.78 is 7.62. The Morgan fingerprint density at radius 3 is 2.84 bits per heavy atom. The molecular weight excluding hydrogens is 240 g/mol. The van der Waals surface area contributed by atoms with Gasteiger partial charge >= 0.3 is 0 Å². The molecule has 0 saturated carbocycles. The summed E-state index contributed by atoms with van der Waals surface area (Å²) in [6.07, 6.45) is 4.67. The van der Waals surface area contributed by atoms with Crippen LogP contribution in [0.15, 0.2) is 16.7 Å². The van der Waals surface area contributed by atoms with Gasteiger partial charge in [-0.3, -0.25) is 4.68 Å². The van der Waals surface area contributed by atoms with Crippen LogP contribution in [0.1, 0.15) is 31.9 Å². The van der Waals surface area contributed by atoms with Gasteiger partial charge in [-0.15, -0.1) is 0 Å². The minimum absolute atomic E-state index is 0.776. The Morgan fingerprint density at radius 1 is 1.32 bits per heavy atom. The van der Waals surface area contributed by atoms with E-state index in [4.69, 9.17) is 4.42 Å². The van der Waals surface area contributed by atoms with E-state index < -0.39 is 0 Å². The van der Waals surface area contributed by atoms with Crippen LogP contribution in [0.3, 0.4) is 0 Å². The highest BCUT2D eigenvalue weighted by Gasteiger charge is 2.11. The first-order valence-electron chi connectivity index (χ1n) is 6.93. The predicted molar refractivity (Wildman–Crippen MR) is 74.9 cm³/mol. The Hall–Kier alpha value is -1.62. The van der Waals surface area contributed by atoms with Crippen LogP contribution in [0.25, 0.3) is 11.5 Å². The SMILES string of the molecule is CCCNCCc1ncc(-c2cc(CC)nn2C)o1. The van der Waals surface area contributed by atoms with Gasteiger partial charge in [0.2, 0.25) is 0 Å². The van der Waals surface area contributed by atoms with Gasteiger partial charge in [0, 0.05) is 20.0 Å². The maximum Gasteiger partial charge on any atom is 0.196 e. The number of nitrogens with zero attached hydrogens (tertiary/aromatic N) is 3. The topological polar surface area (TPSA) is 55.9 Å². The quantitative estimate of drug-likeness (QED) is 0.777. The highest BCUT2D eigenvalue weighted by Crippen LogP contribution is 2.21. The number of rotatable bonds is 7. The molecule has 104 valence electrons. The van der Waals surface area contributed by atoms with Crippen LogP contribution < -0.4 is 5.32 Å². The molecular formula is C14H22N4O. The lowest BCUT2D eigenvalue weighted by molar-refractivity contribution is 0.491. The van der Waals surface area contributed by atoms with Crippen molar-refractivity contribution in [1.29, 1.82) is 0 Å². The standard InChI is InChI=1S/C14H22N4O/c1-4-7-15-8-6-14-16-10-13(19-14)12-9-11(5-2)17-18(12)3/h9-10,15H,4-8H2,1-3H3. The third-order valence-corrected chi connectivity index (χ3v) is 3.04. The largest absolute Gasteiger partial charge is 0.439 e. The highest BCUT2D eigenvalue weighted by atomic mass is 16.4. The molecule has 0 fully saturated rings. The fourth-order valence-electron chi connectivity index (χ4n) is 1.97.